The van der Waals surface area contributed by atoms with Crippen LogP contribution in [-0.2, 0) is 10.2 Å². The Morgan fingerprint density at radius 3 is 2.04 bits per heavy atom. The fraction of sp³-hybridized carbons (Fsp3) is 0.435. The lowest BCUT2D eigenvalue weighted by Crippen LogP contribution is -2.41. The first-order chi connectivity index (χ1) is 12.2. The molecule has 0 radical (unpaired) electrons. The second-order valence-corrected chi connectivity index (χ2v) is 8.60. The van der Waals surface area contributed by atoms with E-state index in [1.54, 1.807) is 12.1 Å². The number of ether oxygens (including phenoxy) is 1. The van der Waals surface area contributed by atoms with Crippen LogP contribution in [0.15, 0.2) is 48.5 Å². The monoisotopic (exact) mass is 352 g/mol. The Hall–Kier alpha value is -2.29. The lowest BCUT2D eigenvalue weighted by Gasteiger charge is -2.48. The third kappa shape index (κ3) is 3.77. The molecule has 1 saturated carbocycles. The van der Waals surface area contributed by atoms with Gasteiger partial charge >= 0.3 is 5.97 Å². The van der Waals surface area contributed by atoms with Crippen molar-refractivity contribution >= 4 is 5.97 Å². The van der Waals surface area contributed by atoms with Crippen molar-refractivity contribution < 1.29 is 14.6 Å². The van der Waals surface area contributed by atoms with Crippen LogP contribution in [0.5, 0.6) is 11.5 Å². The van der Waals surface area contributed by atoms with E-state index >= 15 is 0 Å². The van der Waals surface area contributed by atoms with Gasteiger partial charge in [-0.2, -0.15) is 0 Å². The Morgan fingerprint density at radius 2 is 1.54 bits per heavy atom. The average molecular weight is 352 g/mol. The molecule has 2 unspecified atom stereocenters. The fourth-order valence-electron chi connectivity index (χ4n) is 4.97. The first-order valence-electron chi connectivity index (χ1n) is 9.29. The highest BCUT2D eigenvalue weighted by molar-refractivity contribution is 5.69. The molecule has 2 atom stereocenters. The molecular weight excluding hydrogens is 324 g/mol. The van der Waals surface area contributed by atoms with E-state index in [-0.39, 0.29) is 22.5 Å². The number of rotatable bonds is 3. The number of carbonyl (C=O) groups excluding carboxylic acids is 1. The molecule has 2 aromatic rings. The number of hydrogen-bond acceptors (Lipinski definition) is 3. The first kappa shape index (κ1) is 18.5. The molecule has 0 bridgehead atoms. The minimum absolute atomic E-state index is 0.108. The normalized spacial score (nSPS) is 24.8. The zero-order valence-corrected chi connectivity index (χ0v) is 16.1. The average Bonchev–Trinajstić information content (AvgIpc) is 2.53. The Kier molecular flexibility index (Phi) is 4.83. The van der Waals surface area contributed by atoms with E-state index in [0.717, 1.165) is 12.8 Å². The molecule has 26 heavy (non-hydrogen) atoms. The van der Waals surface area contributed by atoms with E-state index in [0.29, 0.717) is 11.7 Å². The summed E-state index contributed by atoms with van der Waals surface area (Å²) in [6.07, 6.45) is 3.31. The number of esters is 1. The number of phenolic OH excluding ortho intramolecular Hbond substituents is 1. The van der Waals surface area contributed by atoms with E-state index in [9.17, 15) is 9.90 Å². The first-order valence-corrected chi connectivity index (χ1v) is 9.29. The molecule has 3 rings (SSSR count). The van der Waals surface area contributed by atoms with Crippen molar-refractivity contribution in [1.82, 2.24) is 0 Å². The molecule has 3 heteroatoms. The highest BCUT2D eigenvalue weighted by atomic mass is 16.5. The van der Waals surface area contributed by atoms with Gasteiger partial charge in [-0.1, -0.05) is 45.0 Å². The smallest absolute Gasteiger partial charge is 0.308 e. The summed E-state index contributed by atoms with van der Waals surface area (Å²) in [5.41, 5.74) is 2.59. The van der Waals surface area contributed by atoms with Crippen LogP contribution in [0.25, 0.3) is 0 Å². The molecule has 2 aromatic carbocycles. The minimum atomic E-state index is -0.307. The molecule has 1 aliphatic rings. The van der Waals surface area contributed by atoms with Gasteiger partial charge < -0.3 is 9.84 Å². The number of carbonyl (C=O) groups is 1. The summed E-state index contributed by atoms with van der Waals surface area (Å²) in [5.74, 6) is 1.15. The molecule has 0 saturated heterocycles. The van der Waals surface area contributed by atoms with Crippen LogP contribution in [0.4, 0.5) is 0 Å². The molecule has 3 nitrogen and oxygen atoms in total. The van der Waals surface area contributed by atoms with Crippen molar-refractivity contribution in [2.24, 2.45) is 11.3 Å². The molecule has 0 aromatic heterocycles. The number of aromatic hydroxyl groups is 1. The summed E-state index contributed by atoms with van der Waals surface area (Å²) >= 11 is 0. The number of hydrogen-bond donors (Lipinski definition) is 1. The van der Waals surface area contributed by atoms with Crippen LogP contribution < -0.4 is 4.74 Å². The molecule has 138 valence electrons. The summed E-state index contributed by atoms with van der Waals surface area (Å²) in [6, 6.07) is 15.6. The van der Waals surface area contributed by atoms with E-state index < -0.39 is 0 Å². The SMILES string of the molecule is CC(=O)Oc1ccc(C2(c3ccc(O)cc3)CC(C)CC(C)(C)C2)cc1. The molecule has 1 fully saturated rings. The van der Waals surface area contributed by atoms with Crippen molar-refractivity contribution in [3.8, 4) is 11.5 Å². The number of phenols is 1. The Labute approximate surface area is 156 Å². The lowest BCUT2D eigenvalue weighted by molar-refractivity contribution is -0.131. The third-order valence-electron chi connectivity index (χ3n) is 5.47. The van der Waals surface area contributed by atoms with Crippen molar-refractivity contribution in [3.05, 3.63) is 59.7 Å². The van der Waals surface area contributed by atoms with Crippen LogP contribution in [-0.4, -0.2) is 11.1 Å². The lowest BCUT2D eigenvalue weighted by atomic mass is 9.55. The maximum Gasteiger partial charge on any atom is 0.308 e. The largest absolute Gasteiger partial charge is 0.508 e. The van der Waals surface area contributed by atoms with E-state index in [2.05, 4.69) is 32.9 Å². The molecular formula is C23H28O3. The van der Waals surface area contributed by atoms with E-state index in [4.69, 9.17) is 4.74 Å². The Morgan fingerprint density at radius 1 is 1.00 bits per heavy atom. The standard InChI is InChI=1S/C23H28O3/c1-16-13-22(3,4)15-23(14-16,18-5-9-20(25)10-6-18)19-7-11-21(12-8-19)26-17(2)24/h5-12,16,25H,13-15H2,1-4H3. The van der Waals surface area contributed by atoms with Crippen LogP contribution >= 0.6 is 0 Å². The fourth-order valence-corrected chi connectivity index (χ4v) is 4.97. The van der Waals surface area contributed by atoms with Gasteiger partial charge in [0.25, 0.3) is 0 Å². The Bertz CT molecular complexity index is 774. The maximum atomic E-state index is 11.2. The summed E-state index contributed by atoms with van der Waals surface area (Å²) in [4.78, 5) is 11.2. The van der Waals surface area contributed by atoms with Gasteiger partial charge in [-0.05, 0) is 66.0 Å². The maximum absolute atomic E-state index is 11.2. The molecule has 1 aliphatic carbocycles. The van der Waals surface area contributed by atoms with Gasteiger partial charge in [-0.3, -0.25) is 4.79 Å². The van der Waals surface area contributed by atoms with Gasteiger partial charge in [0.15, 0.2) is 0 Å². The van der Waals surface area contributed by atoms with Gasteiger partial charge in [0, 0.05) is 12.3 Å². The van der Waals surface area contributed by atoms with Crippen LogP contribution in [0.1, 0.15) is 58.1 Å². The molecule has 0 heterocycles. The zero-order valence-electron chi connectivity index (χ0n) is 16.1. The van der Waals surface area contributed by atoms with Crippen molar-refractivity contribution in [3.63, 3.8) is 0 Å². The van der Waals surface area contributed by atoms with Crippen molar-refractivity contribution in [2.75, 3.05) is 0 Å². The van der Waals surface area contributed by atoms with E-state index in [1.165, 1.54) is 24.5 Å². The van der Waals surface area contributed by atoms with Gasteiger partial charge in [0.2, 0.25) is 0 Å². The highest BCUT2D eigenvalue weighted by Crippen LogP contribution is 2.53. The molecule has 1 N–H and O–H groups in total. The Balaban J connectivity index is 2.08. The summed E-state index contributed by atoms with van der Waals surface area (Å²) in [7, 11) is 0. The van der Waals surface area contributed by atoms with Crippen molar-refractivity contribution in [1.29, 1.82) is 0 Å². The quantitative estimate of drug-likeness (QED) is 0.590. The summed E-state index contributed by atoms with van der Waals surface area (Å²) in [5, 5.41) is 9.74. The summed E-state index contributed by atoms with van der Waals surface area (Å²) in [6.45, 7) is 8.41. The van der Waals surface area contributed by atoms with Gasteiger partial charge in [0.05, 0.1) is 0 Å². The van der Waals surface area contributed by atoms with Gasteiger partial charge in [-0.25, -0.2) is 0 Å². The van der Waals surface area contributed by atoms with E-state index in [1.807, 2.05) is 24.3 Å². The second-order valence-electron chi connectivity index (χ2n) is 8.60. The predicted molar refractivity (Wildman–Crippen MR) is 103 cm³/mol. The topological polar surface area (TPSA) is 46.5 Å². The van der Waals surface area contributed by atoms with Gasteiger partial charge in [0.1, 0.15) is 11.5 Å². The zero-order chi connectivity index (χ0) is 18.9. The second kappa shape index (κ2) is 6.79. The van der Waals surface area contributed by atoms with Crippen molar-refractivity contribution in [2.45, 2.75) is 52.4 Å². The molecule has 0 amide bonds. The highest BCUT2D eigenvalue weighted by Gasteiger charge is 2.45. The third-order valence-corrected chi connectivity index (χ3v) is 5.47. The predicted octanol–water partition coefficient (Wildman–Crippen LogP) is 5.45. The van der Waals surface area contributed by atoms with Crippen LogP contribution in [0.2, 0.25) is 0 Å². The minimum Gasteiger partial charge on any atom is -0.508 e. The van der Waals surface area contributed by atoms with Gasteiger partial charge in [-0.15, -0.1) is 0 Å². The molecule has 0 aliphatic heterocycles. The van der Waals surface area contributed by atoms with Crippen LogP contribution in [0.3, 0.4) is 0 Å². The molecule has 0 spiro atoms. The summed E-state index contributed by atoms with van der Waals surface area (Å²) < 4.78 is 5.20. The number of benzene rings is 2. The van der Waals surface area contributed by atoms with Crippen LogP contribution in [0, 0.1) is 11.3 Å².